The van der Waals surface area contributed by atoms with Crippen LogP contribution in [0.15, 0.2) is 6.07 Å². The van der Waals surface area contributed by atoms with Crippen molar-refractivity contribution in [3.63, 3.8) is 0 Å². The van der Waals surface area contributed by atoms with Crippen LogP contribution in [-0.2, 0) is 4.74 Å². The van der Waals surface area contributed by atoms with Gasteiger partial charge in [-0.1, -0.05) is 11.6 Å². The number of nitrogen functional groups attached to an aromatic ring is 1. The van der Waals surface area contributed by atoms with E-state index in [0.29, 0.717) is 0 Å². The first kappa shape index (κ1) is 10.7. The molecule has 6 heteroatoms. The summed E-state index contributed by atoms with van der Waals surface area (Å²) < 4.78 is 30.5. The molecular weight excluding hydrogens is 216 g/mol. The van der Waals surface area contributed by atoms with Crippen LogP contribution in [-0.4, -0.2) is 13.1 Å². The number of carbonyl (C=O) groups is 1. The number of benzene rings is 1. The van der Waals surface area contributed by atoms with Gasteiger partial charge in [0, 0.05) is 0 Å². The van der Waals surface area contributed by atoms with Crippen molar-refractivity contribution in [1.82, 2.24) is 0 Å². The largest absolute Gasteiger partial charge is 0.465 e. The van der Waals surface area contributed by atoms with Gasteiger partial charge < -0.3 is 10.5 Å². The number of ether oxygens (including phenoxy) is 1. The zero-order chi connectivity index (χ0) is 10.9. The molecule has 1 aromatic rings. The molecule has 76 valence electrons. The maximum atomic E-state index is 13.2. The summed E-state index contributed by atoms with van der Waals surface area (Å²) in [5, 5.41) is -0.427. The zero-order valence-corrected chi connectivity index (χ0v) is 7.86. The van der Waals surface area contributed by atoms with E-state index in [0.717, 1.165) is 13.2 Å². The van der Waals surface area contributed by atoms with Gasteiger partial charge in [0.05, 0.1) is 17.8 Å². The van der Waals surface area contributed by atoms with Crippen molar-refractivity contribution in [3.8, 4) is 0 Å². The summed E-state index contributed by atoms with van der Waals surface area (Å²) in [7, 11) is 0.998. The van der Waals surface area contributed by atoms with E-state index in [9.17, 15) is 13.6 Å². The van der Waals surface area contributed by atoms with Crippen LogP contribution >= 0.6 is 11.6 Å². The van der Waals surface area contributed by atoms with E-state index in [-0.39, 0.29) is 0 Å². The molecule has 2 N–H and O–H groups in total. The van der Waals surface area contributed by atoms with E-state index in [4.69, 9.17) is 17.3 Å². The normalized spacial score (nSPS) is 10.0. The molecule has 0 bridgehead atoms. The summed E-state index contributed by atoms with van der Waals surface area (Å²) in [6.45, 7) is 0. The van der Waals surface area contributed by atoms with Crippen molar-refractivity contribution >= 4 is 23.3 Å². The quantitative estimate of drug-likeness (QED) is 0.448. The Hall–Kier alpha value is -1.36. The summed E-state index contributed by atoms with van der Waals surface area (Å²) in [6, 6.07) is 0.888. The first-order valence-corrected chi connectivity index (χ1v) is 3.88. The molecule has 0 aromatic heterocycles. The maximum Gasteiger partial charge on any atom is 0.344 e. The molecule has 3 nitrogen and oxygen atoms in total. The fourth-order valence-electron chi connectivity index (χ4n) is 0.905. The second-order valence-electron chi connectivity index (χ2n) is 2.44. The van der Waals surface area contributed by atoms with Crippen LogP contribution in [0.25, 0.3) is 0 Å². The highest BCUT2D eigenvalue weighted by Crippen LogP contribution is 2.26. The lowest BCUT2D eigenvalue weighted by atomic mass is 10.1. The molecule has 0 heterocycles. The van der Waals surface area contributed by atoms with Crippen molar-refractivity contribution < 1.29 is 18.3 Å². The van der Waals surface area contributed by atoms with Gasteiger partial charge in [-0.15, -0.1) is 0 Å². The Labute approximate surface area is 83.4 Å². The van der Waals surface area contributed by atoms with E-state index < -0.39 is 33.9 Å². The number of halogens is 3. The minimum atomic E-state index is -1.18. The van der Waals surface area contributed by atoms with Gasteiger partial charge in [-0.05, 0) is 6.07 Å². The fraction of sp³-hybridized carbons (Fsp3) is 0.125. The van der Waals surface area contributed by atoms with Gasteiger partial charge in [0.1, 0.15) is 5.56 Å². The molecule has 0 aliphatic rings. The Morgan fingerprint density at radius 1 is 1.50 bits per heavy atom. The Morgan fingerprint density at radius 3 is 2.57 bits per heavy atom. The number of esters is 1. The third kappa shape index (κ3) is 1.63. The van der Waals surface area contributed by atoms with Crippen molar-refractivity contribution in [2.24, 2.45) is 0 Å². The molecule has 14 heavy (non-hydrogen) atoms. The van der Waals surface area contributed by atoms with Gasteiger partial charge in [0.25, 0.3) is 0 Å². The average molecular weight is 222 g/mol. The molecule has 0 saturated heterocycles. The molecule has 1 rings (SSSR count). The summed E-state index contributed by atoms with van der Waals surface area (Å²) in [5.74, 6) is -3.50. The van der Waals surface area contributed by atoms with Crippen molar-refractivity contribution in [1.29, 1.82) is 0 Å². The number of anilines is 1. The topological polar surface area (TPSA) is 52.3 Å². The molecule has 0 unspecified atom stereocenters. The van der Waals surface area contributed by atoms with Crippen molar-refractivity contribution in [3.05, 3.63) is 28.3 Å². The smallest absolute Gasteiger partial charge is 0.344 e. The van der Waals surface area contributed by atoms with Gasteiger partial charge in [-0.3, -0.25) is 0 Å². The predicted octanol–water partition coefficient (Wildman–Crippen LogP) is 1.99. The van der Waals surface area contributed by atoms with Crippen LogP contribution in [0.4, 0.5) is 14.5 Å². The Bertz CT molecular complexity index is 369. The second kappa shape index (κ2) is 3.79. The van der Waals surface area contributed by atoms with Gasteiger partial charge in [-0.25, -0.2) is 13.6 Å². The van der Waals surface area contributed by atoms with Crippen LogP contribution < -0.4 is 5.73 Å². The zero-order valence-electron chi connectivity index (χ0n) is 7.11. The van der Waals surface area contributed by atoms with E-state index in [1.54, 1.807) is 0 Å². The average Bonchev–Trinajstić information content (AvgIpc) is 2.15. The molecule has 0 spiro atoms. The van der Waals surface area contributed by atoms with E-state index in [1.165, 1.54) is 0 Å². The van der Waals surface area contributed by atoms with E-state index in [1.807, 2.05) is 0 Å². The third-order valence-electron chi connectivity index (χ3n) is 1.57. The summed E-state index contributed by atoms with van der Waals surface area (Å²) in [5.41, 5.74) is 3.87. The monoisotopic (exact) mass is 221 g/mol. The number of carbonyl (C=O) groups excluding carboxylic acids is 1. The van der Waals surface area contributed by atoms with Crippen LogP contribution in [0.2, 0.25) is 5.02 Å². The number of hydrogen-bond donors (Lipinski definition) is 1. The van der Waals surface area contributed by atoms with Crippen molar-refractivity contribution in [2.45, 2.75) is 0 Å². The van der Waals surface area contributed by atoms with Crippen LogP contribution in [0.1, 0.15) is 10.4 Å². The number of rotatable bonds is 1. The minimum Gasteiger partial charge on any atom is -0.465 e. The first-order chi connectivity index (χ1) is 6.49. The lowest BCUT2D eigenvalue weighted by Crippen LogP contribution is -2.10. The Morgan fingerprint density at radius 2 is 2.07 bits per heavy atom. The molecule has 0 fully saturated rings. The number of nitrogens with two attached hydrogens (primary N) is 1. The highest BCUT2D eigenvalue weighted by Gasteiger charge is 2.22. The standard InChI is InChI=1S/C8H6ClF2NO2/c1-14-8(13)5-6(10)3(9)2-4(12)7(5)11/h2H,12H2,1H3. The number of hydrogen-bond acceptors (Lipinski definition) is 3. The highest BCUT2D eigenvalue weighted by atomic mass is 35.5. The Balaban J connectivity index is 3.47. The number of methoxy groups -OCH3 is 1. The third-order valence-corrected chi connectivity index (χ3v) is 1.85. The molecule has 1 aromatic carbocycles. The first-order valence-electron chi connectivity index (χ1n) is 3.50. The second-order valence-corrected chi connectivity index (χ2v) is 2.85. The fourth-order valence-corrected chi connectivity index (χ4v) is 1.12. The van der Waals surface area contributed by atoms with Crippen LogP contribution in [0, 0.1) is 11.6 Å². The lowest BCUT2D eigenvalue weighted by Gasteiger charge is -2.06. The predicted molar refractivity (Wildman–Crippen MR) is 47.1 cm³/mol. The van der Waals surface area contributed by atoms with Crippen LogP contribution in [0.5, 0.6) is 0 Å². The summed E-state index contributed by atoms with van der Waals surface area (Å²) in [6.07, 6.45) is 0. The van der Waals surface area contributed by atoms with Gasteiger partial charge in [0.15, 0.2) is 11.6 Å². The molecule has 0 atom stereocenters. The van der Waals surface area contributed by atoms with E-state index >= 15 is 0 Å². The lowest BCUT2D eigenvalue weighted by molar-refractivity contribution is 0.0590. The minimum absolute atomic E-state index is 0.406. The van der Waals surface area contributed by atoms with Crippen LogP contribution in [0.3, 0.4) is 0 Å². The summed E-state index contributed by atoms with van der Waals surface area (Å²) in [4.78, 5) is 10.9. The Kier molecular flexibility index (Phi) is 2.90. The van der Waals surface area contributed by atoms with Crippen molar-refractivity contribution in [2.75, 3.05) is 12.8 Å². The molecule has 0 saturated carbocycles. The maximum absolute atomic E-state index is 13.2. The highest BCUT2D eigenvalue weighted by molar-refractivity contribution is 6.31. The summed E-state index contributed by atoms with van der Waals surface area (Å²) >= 11 is 5.36. The molecule has 0 radical (unpaired) electrons. The molecule has 0 aliphatic heterocycles. The van der Waals surface area contributed by atoms with Gasteiger partial charge >= 0.3 is 5.97 Å². The molecule has 0 aliphatic carbocycles. The molecule has 0 amide bonds. The van der Waals surface area contributed by atoms with Gasteiger partial charge in [0.2, 0.25) is 0 Å². The van der Waals surface area contributed by atoms with E-state index in [2.05, 4.69) is 4.74 Å². The SMILES string of the molecule is COC(=O)c1c(F)c(N)cc(Cl)c1F. The van der Waals surface area contributed by atoms with Gasteiger partial charge in [-0.2, -0.15) is 0 Å². The molecular formula is C8H6ClF2NO2.